The predicted molar refractivity (Wildman–Crippen MR) is 57.0 cm³/mol. The smallest absolute Gasteiger partial charge is 0.129 e. The number of oxime groups is 1. The molecule has 2 aliphatic rings. The summed E-state index contributed by atoms with van der Waals surface area (Å²) in [5.41, 5.74) is 6.83. The molecule has 0 saturated heterocycles. The lowest BCUT2D eigenvalue weighted by atomic mass is 10.0. The molecule has 2 N–H and O–H groups in total. The van der Waals surface area contributed by atoms with Crippen molar-refractivity contribution in [3.05, 3.63) is 12.2 Å². The summed E-state index contributed by atoms with van der Waals surface area (Å²) in [6, 6.07) is 0.0762. The molecule has 1 saturated carbocycles. The highest BCUT2D eigenvalue weighted by Crippen LogP contribution is 2.36. The molecule has 0 spiro atoms. The summed E-state index contributed by atoms with van der Waals surface area (Å²) in [5, 5.41) is 4.20. The Balaban J connectivity index is 2.09. The van der Waals surface area contributed by atoms with Crippen molar-refractivity contribution in [3.63, 3.8) is 0 Å². The van der Waals surface area contributed by atoms with Gasteiger partial charge in [-0.1, -0.05) is 17.3 Å². The van der Waals surface area contributed by atoms with Crippen LogP contribution in [-0.2, 0) is 4.84 Å². The Bertz CT molecular complexity index is 288. The molecule has 78 valence electrons. The number of nitrogens with zero attached hydrogens (tertiary/aromatic N) is 1. The highest BCUT2D eigenvalue weighted by atomic mass is 16.6. The van der Waals surface area contributed by atoms with Crippen LogP contribution in [-0.4, -0.2) is 17.4 Å². The Kier molecular flexibility index (Phi) is 2.14. The van der Waals surface area contributed by atoms with Crippen molar-refractivity contribution in [2.45, 2.75) is 38.8 Å². The van der Waals surface area contributed by atoms with Crippen molar-refractivity contribution in [1.29, 1.82) is 0 Å². The van der Waals surface area contributed by atoms with Crippen LogP contribution >= 0.6 is 0 Å². The van der Waals surface area contributed by atoms with Gasteiger partial charge in [-0.15, -0.1) is 0 Å². The maximum atomic E-state index is 6.03. The van der Waals surface area contributed by atoms with Gasteiger partial charge in [0.15, 0.2) is 0 Å². The molecule has 0 heterocycles. The molecule has 0 aromatic heterocycles. The second-order valence-corrected chi connectivity index (χ2v) is 5.14. The number of fused-ring (bicyclic) bond motifs is 2. The third-order valence-corrected chi connectivity index (χ3v) is 2.72. The van der Waals surface area contributed by atoms with E-state index >= 15 is 0 Å². The van der Waals surface area contributed by atoms with Crippen LogP contribution in [0.2, 0.25) is 0 Å². The molecule has 0 aromatic rings. The topological polar surface area (TPSA) is 47.6 Å². The standard InChI is InChI=1S/C11H18N2O/c1-11(2,3)14-13-10-8-5-4-7(6-8)9(10)12/h4-5,7-9H,6,12H2,1-3H3. The third kappa shape index (κ3) is 1.69. The summed E-state index contributed by atoms with van der Waals surface area (Å²) < 4.78 is 0. The summed E-state index contributed by atoms with van der Waals surface area (Å²) in [6.45, 7) is 5.98. The van der Waals surface area contributed by atoms with Gasteiger partial charge in [-0.05, 0) is 33.1 Å². The number of nitrogens with two attached hydrogens (primary N) is 1. The first-order valence-electron chi connectivity index (χ1n) is 5.17. The summed E-state index contributed by atoms with van der Waals surface area (Å²) in [4.78, 5) is 5.41. The minimum Gasteiger partial charge on any atom is -0.390 e. The van der Waals surface area contributed by atoms with Crippen LogP contribution < -0.4 is 5.73 Å². The molecule has 0 aromatic carbocycles. The quantitative estimate of drug-likeness (QED) is 0.510. The molecular weight excluding hydrogens is 176 g/mol. The molecule has 3 nitrogen and oxygen atoms in total. The SMILES string of the molecule is CC(C)(C)ON=C1C2C=CC(C2)C1N. The summed E-state index contributed by atoms with van der Waals surface area (Å²) in [7, 11) is 0. The van der Waals surface area contributed by atoms with Crippen molar-refractivity contribution >= 4 is 5.71 Å². The summed E-state index contributed by atoms with van der Waals surface area (Å²) >= 11 is 0. The van der Waals surface area contributed by atoms with E-state index in [2.05, 4.69) is 17.3 Å². The number of rotatable bonds is 1. The predicted octanol–water partition coefficient (Wildman–Crippen LogP) is 1.69. The van der Waals surface area contributed by atoms with Gasteiger partial charge in [-0.25, -0.2) is 0 Å². The van der Waals surface area contributed by atoms with E-state index in [4.69, 9.17) is 10.6 Å². The van der Waals surface area contributed by atoms with E-state index in [0.29, 0.717) is 11.8 Å². The van der Waals surface area contributed by atoms with Crippen LogP contribution in [0.3, 0.4) is 0 Å². The van der Waals surface area contributed by atoms with Crippen molar-refractivity contribution in [2.75, 3.05) is 0 Å². The first-order chi connectivity index (χ1) is 6.47. The Hall–Kier alpha value is -0.830. The van der Waals surface area contributed by atoms with Gasteiger partial charge in [0.1, 0.15) is 5.60 Å². The number of hydrogen-bond donors (Lipinski definition) is 1. The normalized spacial score (nSPS) is 38.3. The minimum atomic E-state index is -0.224. The van der Waals surface area contributed by atoms with E-state index in [1.54, 1.807) is 0 Å². The van der Waals surface area contributed by atoms with E-state index in [-0.39, 0.29) is 11.6 Å². The molecule has 2 rings (SSSR count). The van der Waals surface area contributed by atoms with Crippen molar-refractivity contribution in [2.24, 2.45) is 22.7 Å². The van der Waals surface area contributed by atoms with Gasteiger partial charge in [-0.2, -0.15) is 0 Å². The van der Waals surface area contributed by atoms with E-state index in [9.17, 15) is 0 Å². The largest absolute Gasteiger partial charge is 0.390 e. The van der Waals surface area contributed by atoms with Crippen LogP contribution in [0.4, 0.5) is 0 Å². The monoisotopic (exact) mass is 194 g/mol. The lowest BCUT2D eigenvalue weighted by molar-refractivity contribution is -0.0000502. The Morgan fingerprint density at radius 1 is 1.43 bits per heavy atom. The third-order valence-electron chi connectivity index (χ3n) is 2.72. The zero-order valence-corrected chi connectivity index (χ0v) is 9.03. The fourth-order valence-corrected chi connectivity index (χ4v) is 2.00. The van der Waals surface area contributed by atoms with E-state index in [1.165, 1.54) is 0 Å². The Labute approximate surface area is 85.0 Å². The minimum absolute atomic E-state index is 0.0762. The molecule has 3 unspecified atom stereocenters. The van der Waals surface area contributed by atoms with Crippen LogP contribution in [0.15, 0.2) is 17.3 Å². The van der Waals surface area contributed by atoms with Crippen LogP contribution in [0.1, 0.15) is 27.2 Å². The van der Waals surface area contributed by atoms with Gasteiger partial charge in [0.05, 0.1) is 11.8 Å². The summed E-state index contributed by atoms with van der Waals surface area (Å²) in [6.07, 6.45) is 5.51. The molecule has 2 bridgehead atoms. The van der Waals surface area contributed by atoms with Crippen molar-refractivity contribution in [3.8, 4) is 0 Å². The molecule has 1 fully saturated rings. The van der Waals surface area contributed by atoms with Gasteiger partial charge in [0, 0.05) is 5.92 Å². The zero-order valence-electron chi connectivity index (χ0n) is 9.03. The van der Waals surface area contributed by atoms with Crippen LogP contribution in [0.5, 0.6) is 0 Å². The average Bonchev–Trinajstić information content (AvgIpc) is 2.60. The zero-order chi connectivity index (χ0) is 10.3. The molecule has 0 radical (unpaired) electrons. The first kappa shape index (κ1) is 9.71. The van der Waals surface area contributed by atoms with Gasteiger partial charge < -0.3 is 10.6 Å². The van der Waals surface area contributed by atoms with E-state index < -0.39 is 0 Å². The summed E-state index contributed by atoms with van der Waals surface area (Å²) in [5.74, 6) is 0.916. The molecular formula is C11H18N2O. The van der Waals surface area contributed by atoms with Crippen molar-refractivity contribution in [1.82, 2.24) is 0 Å². The Morgan fingerprint density at radius 3 is 2.64 bits per heavy atom. The maximum Gasteiger partial charge on any atom is 0.129 e. The number of allylic oxidation sites excluding steroid dienone is 1. The highest BCUT2D eigenvalue weighted by Gasteiger charge is 2.40. The fourth-order valence-electron chi connectivity index (χ4n) is 2.00. The van der Waals surface area contributed by atoms with Gasteiger partial charge >= 0.3 is 0 Å². The van der Waals surface area contributed by atoms with Gasteiger partial charge in [0.25, 0.3) is 0 Å². The van der Waals surface area contributed by atoms with Gasteiger partial charge in [-0.3, -0.25) is 0 Å². The number of hydrogen-bond acceptors (Lipinski definition) is 3. The van der Waals surface area contributed by atoms with E-state index in [1.807, 2.05) is 20.8 Å². The lowest BCUT2D eigenvalue weighted by Gasteiger charge is -2.19. The molecule has 3 heteroatoms. The molecule has 3 atom stereocenters. The molecule has 2 aliphatic carbocycles. The van der Waals surface area contributed by atoms with E-state index in [0.717, 1.165) is 12.1 Å². The molecule has 0 amide bonds. The molecule has 14 heavy (non-hydrogen) atoms. The second-order valence-electron chi connectivity index (χ2n) is 5.14. The van der Waals surface area contributed by atoms with Gasteiger partial charge in [0.2, 0.25) is 0 Å². The van der Waals surface area contributed by atoms with Crippen LogP contribution in [0, 0.1) is 11.8 Å². The Morgan fingerprint density at radius 2 is 2.14 bits per heavy atom. The first-order valence-corrected chi connectivity index (χ1v) is 5.17. The maximum absolute atomic E-state index is 6.03. The highest BCUT2D eigenvalue weighted by molar-refractivity contribution is 5.96. The van der Waals surface area contributed by atoms with Crippen molar-refractivity contribution < 1.29 is 4.84 Å². The molecule has 0 aliphatic heterocycles. The fraction of sp³-hybridized carbons (Fsp3) is 0.727. The average molecular weight is 194 g/mol. The second kappa shape index (κ2) is 3.09. The lowest BCUT2D eigenvalue weighted by Crippen LogP contribution is -2.34. The van der Waals surface area contributed by atoms with Crippen LogP contribution in [0.25, 0.3) is 0 Å².